The van der Waals surface area contributed by atoms with Crippen LogP contribution < -0.4 is 11.1 Å². The summed E-state index contributed by atoms with van der Waals surface area (Å²) in [5.74, 6) is 2.39. The zero-order chi connectivity index (χ0) is 12.7. The van der Waals surface area contributed by atoms with Crippen molar-refractivity contribution in [3.63, 3.8) is 0 Å². The number of hydrogen-bond acceptors (Lipinski definition) is 3. The molecule has 3 atom stereocenters. The average molecular weight is 258 g/mol. The van der Waals surface area contributed by atoms with E-state index in [1.165, 1.54) is 19.3 Å². The van der Waals surface area contributed by atoms with Crippen molar-refractivity contribution in [3.05, 3.63) is 0 Å². The standard InChI is InChI=1S/C13H26N2OS/c1-10-5-3-4-6-12(10)15-13(16)9-17-8-7-11(2)14/h10-12H,3-9,14H2,1-2H3,(H,15,16). The molecule has 0 aromatic rings. The van der Waals surface area contributed by atoms with Crippen LogP contribution in [0.3, 0.4) is 0 Å². The molecule has 0 aromatic carbocycles. The van der Waals surface area contributed by atoms with E-state index in [9.17, 15) is 4.79 Å². The molecule has 0 heterocycles. The first kappa shape index (κ1) is 14.8. The van der Waals surface area contributed by atoms with Crippen LogP contribution in [0.2, 0.25) is 0 Å². The fourth-order valence-corrected chi connectivity index (χ4v) is 3.16. The van der Waals surface area contributed by atoms with Crippen molar-refractivity contribution in [1.29, 1.82) is 0 Å². The Hall–Kier alpha value is -0.220. The van der Waals surface area contributed by atoms with Crippen molar-refractivity contribution in [2.75, 3.05) is 11.5 Å². The highest BCUT2D eigenvalue weighted by Crippen LogP contribution is 2.23. The van der Waals surface area contributed by atoms with E-state index in [0.29, 0.717) is 17.7 Å². The van der Waals surface area contributed by atoms with Crippen LogP contribution in [0.4, 0.5) is 0 Å². The van der Waals surface area contributed by atoms with Crippen LogP contribution >= 0.6 is 11.8 Å². The normalized spacial score (nSPS) is 26.5. The Kier molecular flexibility index (Phi) is 6.97. The van der Waals surface area contributed by atoms with Crippen LogP contribution in [0, 0.1) is 5.92 Å². The summed E-state index contributed by atoms with van der Waals surface area (Å²) in [5.41, 5.74) is 5.66. The maximum atomic E-state index is 11.7. The second-order valence-electron chi connectivity index (χ2n) is 5.25. The predicted octanol–water partition coefficient (Wildman–Crippen LogP) is 2.15. The molecular formula is C13H26N2OS. The topological polar surface area (TPSA) is 55.1 Å². The SMILES string of the molecule is CC(N)CCSCC(=O)NC1CCCCC1C. The Morgan fingerprint density at radius 3 is 2.82 bits per heavy atom. The van der Waals surface area contributed by atoms with Gasteiger partial charge in [-0.3, -0.25) is 4.79 Å². The fourth-order valence-electron chi connectivity index (χ4n) is 2.21. The van der Waals surface area contributed by atoms with E-state index in [1.54, 1.807) is 11.8 Å². The summed E-state index contributed by atoms with van der Waals surface area (Å²) in [6.07, 6.45) is 5.96. The Morgan fingerprint density at radius 1 is 1.47 bits per heavy atom. The molecule has 1 aliphatic carbocycles. The van der Waals surface area contributed by atoms with Gasteiger partial charge in [-0.25, -0.2) is 0 Å². The minimum Gasteiger partial charge on any atom is -0.352 e. The molecule has 17 heavy (non-hydrogen) atoms. The molecule has 3 N–H and O–H groups in total. The lowest BCUT2D eigenvalue weighted by Crippen LogP contribution is -2.41. The molecule has 1 aliphatic rings. The second kappa shape index (κ2) is 7.98. The monoisotopic (exact) mass is 258 g/mol. The summed E-state index contributed by atoms with van der Waals surface area (Å²) >= 11 is 1.69. The van der Waals surface area contributed by atoms with Gasteiger partial charge in [-0.1, -0.05) is 19.8 Å². The van der Waals surface area contributed by atoms with Crippen LogP contribution in [-0.2, 0) is 4.79 Å². The van der Waals surface area contributed by atoms with Crippen molar-refractivity contribution < 1.29 is 4.79 Å². The Labute approximate surface area is 109 Å². The van der Waals surface area contributed by atoms with E-state index in [0.717, 1.165) is 18.6 Å². The zero-order valence-corrected chi connectivity index (χ0v) is 11.9. The number of thioether (sulfide) groups is 1. The van der Waals surface area contributed by atoms with E-state index >= 15 is 0 Å². The second-order valence-corrected chi connectivity index (χ2v) is 6.36. The first-order valence-corrected chi connectivity index (χ1v) is 7.87. The molecule has 1 fully saturated rings. The number of amides is 1. The first-order chi connectivity index (χ1) is 8.09. The predicted molar refractivity (Wildman–Crippen MR) is 75.2 cm³/mol. The van der Waals surface area contributed by atoms with Gasteiger partial charge in [-0.2, -0.15) is 11.8 Å². The first-order valence-electron chi connectivity index (χ1n) is 6.72. The average Bonchev–Trinajstić information content (AvgIpc) is 2.27. The van der Waals surface area contributed by atoms with Crippen LogP contribution in [0.15, 0.2) is 0 Å². The third-order valence-corrected chi connectivity index (χ3v) is 4.40. The van der Waals surface area contributed by atoms with E-state index in [1.807, 2.05) is 6.92 Å². The van der Waals surface area contributed by atoms with Crippen LogP contribution in [0.1, 0.15) is 46.0 Å². The lowest BCUT2D eigenvalue weighted by atomic mass is 9.86. The largest absolute Gasteiger partial charge is 0.352 e. The van der Waals surface area contributed by atoms with E-state index in [2.05, 4.69) is 12.2 Å². The van der Waals surface area contributed by atoms with Gasteiger partial charge < -0.3 is 11.1 Å². The Balaban J connectivity index is 2.11. The highest BCUT2D eigenvalue weighted by atomic mass is 32.2. The van der Waals surface area contributed by atoms with Crippen molar-refractivity contribution >= 4 is 17.7 Å². The molecule has 1 rings (SSSR count). The van der Waals surface area contributed by atoms with Crippen LogP contribution in [-0.4, -0.2) is 29.5 Å². The Bertz CT molecular complexity index is 233. The quantitative estimate of drug-likeness (QED) is 0.718. The molecule has 3 nitrogen and oxygen atoms in total. The van der Waals surface area contributed by atoms with Crippen molar-refractivity contribution in [1.82, 2.24) is 5.32 Å². The number of carbonyl (C=O) groups is 1. The highest BCUT2D eigenvalue weighted by molar-refractivity contribution is 7.99. The van der Waals surface area contributed by atoms with Gasteiger partial charge >= 0.3 is 0 Å². The van der Waals surface area contributed by atoms with E-state index in [-0.39, 0.29) is 11.9 Å². The maximum Gasteiger partial charge on any atom is 0.230 e. The molecule has 0 spiro atoms. The number of rotatable bonds is 6. The number of hydrogen-bond donors (Lipinski definition) is 2. The third-order valence-electron chi connectivity index (χ3n) is 3.41. The van der Waals surface area contributed by atoms with Gasteiger partial charge in [0.15, 0.2) is 0 Å². The zero-order valence-electron chi connectivity index (χ0n) is 11.1. The van der Waals surface area contributed by atoms with Crippen molar-refractivity contribution in [3.8, 4) is 0 Å². The maximum absolute atomic E-state index is 11.7. The smallest absolute Gasteiger partial charge is 0.230 e. The minimum atomic E-state index is 0.193. The van der Waals surface area contributed by atoms with Gasteiger partial charge in [0.1, 0.15) is 0 Å². The van der Waals surface area contributed by atoms with Gasteiger partial charge in [0.2, 0.25) is 5.91 Å². The lowest BCUT2D eigenvalue weighted by molar-refractivity contribution is -0.119. The number of nitrogens with two attached hydrogens (primary N) is 1. The number of nitrogens with one attached hydrogen (secondary N) is 1. The molecule has 0 radical (unpaired) electrons. The molecular weight excluding hydrogens is 232 g/mol. The lowest BCUT2D eigenvalue weighted by Gasteiger charge is -2.29. The van der Waals surface area contributed by atoms with Gasteiger partial charge in [0.05, 0.1) is 5.75 Å². The van der Waals surface area contributed by atoms with E-state index in [4.69, 9.17) is 5.73 Å². The van der Waals surface area contributed by atoms with Gasteiger partial charge in [0.25, 0.3) is 0 Å². The molecule has 0 saturated heterocycles. The number of carbonyl (C=O) groups excluding carboxylic acids is 1. The highest BCUT2D eigenvalue weighted by Gasteiger charge is 2.22. The summed E-state index contributed by atoms with van der Waals surface area (Å²) in [4.78, 5) is 11.7. The third kappa shape index (κ3) is 6.32. The molecule has 4 heteroatoms. The summed E-state index contributed by atoms with van der Waals surface area (Å²) in [6, 6.07) is 0.647. The molecule has 100 valence electrons. The minimum absolute atomic E-state index is 0.193. The van der Waals surface area contributed by atoms with Crippen LogP contribution in [0.25, 0.3) is 0 Å². The van der Waals surface area contributed by atoms with Crippen molar-refractivity contribution in [2.24, 2.45) is 11.7 Å². The van der Waals surface area contributed by atoms with Gasteiger partial charge in [-0.05, 0) is 37.9 Å². The van der Waals surface area contributed by atoms with Crippen LogP contribution in [0.5, 0.6) is 0 Å². The summed E-state index contributed by atoms with van der Waals surface area (Å²) in [5, 5.41) is 3.17. The van der Waals surface area contributed by atoms with Crippen molar-refractivity contribution in [2.45, 2.75) is 58.0 Å². The molecule has 0 aromatic heterocycles. The van der Waals surface area contributed by atoms with E-state index < -0.39 is 0 Å². The Morgan fingerprint density at radius 2 is 2.18 bits per heavy atom. The molecule has 0 aliphatic heterocycles. The molecule has 1 amide bonds. The summed E-state index contributed by atoms with van der Waals surface area (Å²) in [7, 11) is 0. The summed E-state index contributed by atoms with van der Waals surface area (Å²) < 4.78 is 0. The fraction of sp³-hybridized carbons (Fsp3) is 0.923. The molecule has 0 bridgehead atoms. The van der Waals surface area contributed by atoms with Gasteiger partial charge in [-0.15, -0.1) is 0 Å². The molecule has 1 saturated carbocycles. The van der Waals surface area contributed by atoms with Gasteiger partial charge in [0, 0.05) is 12.1 Å². The summed E-state index contributed by atoms with van der Waals surface area (Å²) in [6.45, 7) is 4.25. The molecule has 3 unspecified atom stereocenters.